The van der Waals surface area contributed by atoms with Crippen LogP contribution in [0.25, 0.3) is 0 Å². The van der Waals surface area contributed by atoms with Crippen LogP contribution in [-0.4, -0.2) is 4.98 Å². The smallest absolute Gasteiger partial charge is 0.140 e. The first-order chi connectivity index (χ1) is 7.72. The van der Waals surface area contributed by atoms with E-state index in [0.29, 0.717) is 18.0 Å². The van der Waals surface area contributed by atoms with Crippen molar-refractivity contribution in [3.8, 4) is 12.1 Å². The molecule has 1 heterocycles. The van der Waals surface area contributed by atoms with Gasteiger partial charge in [0.05, 0.1) is 6.07 Å². The van der Waals surface area contributed by atoms with Gasteiger partial charge in [-0.1, -0.05) is 26.3 Å². The number of hydrogen-bond acceptors (Lipinski definition) is 3. The first-order valence-corrected chi connectivity index (χ1v) is 5.45. The quantitative estimate of drug-likeness (QED) is 0.772. The molecule has 3 heteroatoms. The molecule has 0 fully saturated rings. The average Bonchev–Trinajstić information content (AvgIpc) is 2.35. The van der Waals surface area contributed by atoms with Crippen LogP contribution < -0.4 is 0 Å². The van der Waals surface area contributed by atoms with Gasteiger partial charge in [-0.2, -0.15) is 10.5 Å². The van der Waals surface area contributed by atoms with E-state index in [-0.39, 0.29) is 5.92 Å². The van der Waals surface area contributed by atoms with Gasteiger partial charge in [0.25, 0.3) is 0 Å². The van der Waals surface area contributed by atoms with Crippen LogP contribution in [0.4, 0.5) is 0 Å². The first-order valence-electron chi connectivity index (χ1n) is 5.45. The molecular formula is C13H15N3. The van der Waals surface area contributed by atoms with Crippen LogP contribution in [0.15, 0.2) is 18.3 Å². The lowest BCUT2D eigenvalue weighted by molar-refractivity contribution is 0.450. The van der Waals surface area contributed by atoms with Crippen molar-refractivity contribution >= 4 is 0 Å². The predicted molar refractivity (Wildman–Crippen MR) is 61.4 cm³/mol. The summed E-state index contributed by atoms with van der Waals surface area (Å²) < 4.78 is 0. The Morgan fingerprint density at radius 2 is 2.12 bits per heavy atom. The van der Waals surface area contributed by atoms with Crippen molar-refractivity contribution in [1.82, 2.24) is 4.98 Å². The summed E-state index contributed by atoms with van der Waals surface area (Å²) in [6.45, 7) is 4.26. The molecule has 0 N–H and O–H groups in total. The molecule has 0 saturated carbocycles. The van der Waals surface area contributed by atoms with E-state index in [2.05, 4.69) is 24.9 Å². The van der Waals surface area contributed by atoms with Gasteiger partial charge in [0.1, 0.15) is 11.8 Å². The summed E-state index contributed by atoms with van der Waals surface area (Å²) >= 11 is 0. The average molecular weight is 213 g/mol. The van der Waals surface area contributed by atoms with E-state index in [9.17, 15) is 0 Å². The van der Waals surface area contributed by atoms with Crippen LogP contribution in [-0.2, 0) is 0 Å². The molecule has 1 aromatic rings. The molecule has 3 nitrogen and oxygen atoms in total. The largest absolute Gasteiger partial charge is 0.245 e. The zero-order chi connectivity index (χ0) is 12.0. The van der Waals surface area contributed by atoms with Crippen LogP contribution in [0.2, 0.25) is 0 Å². The molecule has 2 unspecified atom stereocenters. The van der Waals surface area contributed by atoms with E-state index in [1.165, 1.54) is 0 Å². The fourth-order valence-corrected chi connectivity index (χ4v) is 1.72. The van der Waals surface area contributed by atoms with Crippen LogP contribution in [0.1, 0.15) is 43.9 Å². The van der Waals surface area contributed by atoms with E-state index < -0.39 is 0 Å². The Bertz CT molecular complexity index is 408. The van der Waals surface area contributed by atoms with Crippen LogP contribution in [0.5, 0.6) is 0 Å². The Balaban J connectivity index is 2.94. The van der Waals surface area contributed by atoms with Crippen molar-refractivity contribution in [2.75, 3.05) is 0 Å². The molecule has 0 bridgehead atoms. The van der Waals surface area contributed by atoms with E-state index in [1.807, 2.05) is 12.1 Å². The lowest BCUT2D eigenvalue weighted by atomic mass is 9.84. The van der Waals surface area contributed by atoms with Crippen molar-refractivity contribution in [2.45, 2.75) is 32.6 Å². The highest BCUT2D eigenvalue weighted by atomic mass is 14.7. The molecule has 0 amide bonds. The topological polar surface area (TPSA) is 60.5 Å². The molecule has 1 rings (SSSR count). The maximum atomic E-state index is 8.82. The van der Waals surface area contributed by atoms with Crippen molar-refractivity contribution in [3.63, 3.8) is 0 Å². The van der Waals surface area contributed by atoms with Crippen molar-refractivity contribution in [3.05, 3.63) is 29.6 Å². The highest BCUT2D eigenvalue weighted by molar-refractivity contribution is 5.26. The van der Waals surface area contributed by atoms with Gasteiger partial charge >= 0.3 is 0 Å². The molecule has 0 spiro atoms. The van der Waals surface area contributed by atoms with Gasteiger partial charge < -0.3 is 0 Å². The molecule has 1 aromatic heterocycles. The molecule has 0 aliphatic heterocycles. The number of hydrogen-bond donors (Lipinski definition) is 0. The maximum absolute atomic E-state index is 8.82. The van der Waals surface area contributed by atoms with Crippen LogP contribution >= 0.6 is 0 Å². The molecule has 16 heavy (non-hydrogen) atoms. The summed E-state index contributed by atoms with van der Waals surface area (Å²) in [5.41, 5.74) is 1.47. The molecule has 82 valence electrons. The minimum atomic E-state index is 0.218. The minimum Gasteiger partial charge on any atom is -0.245 e. The first kappa shape index (κ1) is 12.2. The van der Waals surface area contributed by atoms with Gasteiger partial charge in [-0.25, -0.2) is 4.98 Å². The normalized spacial score (nSPS) is 13.5. The molecule has 0 aliphatic rings. The molecule has 0 saturated heterocycles. The Morgan fingerprint density at radius 3 is 2.56 bits per heavy atom. The third-order valence-electron chi connectivity index (χ3n) is 2.97. The molecule has 2 atom stereocenters. The number of pyridine rings is 1. The van der Waals surface area contributed by atoms with Crippen molar-refractivity contribution in [1.29, 1.82) is 10.5 Å². The summed E-state index contributed by atoms with van der Waals surface area (Å²) in [5.74, 6) is 0.671. The second-order valence-corrected chi connectivity index (χ2v) is 3.94. The van der Waals surface area contributed by atoms with Gasteiger partial charge in [-0.05, 0) is 17.5 Å². The zero-order valence-electron chi connectivity index (χ0n) is 9.64. The fraction of sp³-hybridized carbons (Fsp3) is 0.462. The third kappa shape index (κ3) is 2.81. The lowest BCUT2D eigenvalue weighted by Crippen LogP contribution is -2.09. The monoisotopic (exact) mass is 213 g/mol. The Morgan fingerprint density at radius 1 is 1.38 bits per heavy atom. The Hall–Kier alpha value is -1.87. The number of rotatable bonds is 4. The summed E-state index contributed by atoms with van der Waals surface area (Å²) in [4.78, 5) is 4.05. The van der Waals surface area contributed by atoms with E-state index >= 15 is 0 Å². The van der Waals surface area contributed by atoms with Crippen LogP contribution in [0, 0.1) is 28.6 Å². The second-order valence-electron chi connectivity index (χ2n) is 3.94. The van der Waals surface area contributed by atoms with E-state index in [0.717, 1.165) is 12.0 Å². The van der Waals surface area contributed by atoms with Gasteiger partial charge in [-0.15, -0.1) is 0 Å². The molecular weight excluding hydrogens is 198 g/mol. The summed E-state index contributed by atoms with van der Waals surface area (Å²) in [6.07, 6.45) is 3.25. The summed E-state index contributed by atoms with van der Waals surface area (Å²) in [7, 11) is 0. The highest BCUT2D eigenvalue weighted by Gasteiger charge is 2.17. The lowest BCUT2D eigenvalue weighted by Gasteiger charge is -2.20. The van der Waals surface area contributed by atoms with Gasteiger partial charge in [0, 0.05) is 18.5 Å². The van der Waals surface area contributed by atoms with Crippen LogP contribution in [0.3, 0.4) is 0 Å². The van der Waals surface area contributed by atoms with Crippen molar-refractivity contribution in [2.24, 2.45) is 5.92 Å². The third-order valence-corrected chi connectivity index (χ3v) is 2.97. The number of aromatic nitrogens is 1. The van der Waals surface area contributed by atoms with Gasteiger partial charge in [0.2, 0.25) is 0 Å². The molecule has 0 aliphatic carbocycles. The highest BCUT2D eigenvalue weighted by Crippen LogP contribution is 2.29. The van der Waals surface area contributed by atoms with Crippen molar-refractivity contribution < 1.29 is 0 Å². The fourth-order valence-electron chi connectivity index (χ4n) is 1.72. The zero-order valence-corrected chi connectivity index (χ0v) is 9.64. The summed E-state index contributed by atoms with van der Waals surface area (Å²) in [6, 6.07) is 7.82. The number of nitriles is 2. The van der Waals surface area contributed by atoms with Gasteiger partial charge in [0.15, 0.2) is 0 Å². The summed E-state index contributed by atoms with van der Waals surface area (Å²) in [5, 5.41) is 17.5. The molecule has 0 aromatic carbocycles. The Labute approximate surface area is 96.4 Å². The van der Waals surface area contributed by atoms with Gasteiger partial charge in [-0.3, -0.25) is 0 Å². The SMILES string of the molecule is CCC(C)C(CC#N)c1ccc(C#N)nc1. The predicted octanol–water partition coefficient (Wildman–Crippen LogP) is 3.00. The van der Waals surface area contributed by atoms with E-state index in [1.54, 1.807) is 12.3 Å². The standard InChI is InChI=1S/C13H15N3/c1-3-10(2)13(6-7-14)11-4-5-12(8-15)16-9-11/h4-5,9-10,13H,3,6H2,1-2H3. The van der Waals surface area contributed by atoms with E-state index in [4.69, 9.17) is 10.5 Å². The molecule has 0 radical (unpaired) electrons. The minimum absolute atomic E-state index is 0.218. The Kier molecular flexibility index (Phi) is 4.48. The second kappa shape index (κ2) is 5.88. The maximum Gasteiger partial charge on any atom is 0.140 e. The number of nitrogens with zero attached hydrogens (tertiary/aromatic N) is 3.